The molecule has 26 heavy (non-hydrogen) atoms. The molecule has 2 aromatic rings. The van der Waals surface area contributed by atoms with Crippen molar-refractivity contribution in [3.8, 4) is 22.1 Å². The van der Waals surface area contributed by atoms with Gasteiger partial charge in [-0.3, -0.25) is 4.79 Å². The molecule has 2 heterocycles. The van der Waals surface area contributed by atoms with Crippen LogP contribution in [0, 0.1) is 0 Å². The Morgan fingerprint density at radius 2 is 2.00 bits per heavy atom. The van der Waals surface area contributed by atoms with Crippen LogP contribution in [0.2, 0.25) is 0 Å². The highest BCUT2D eigenvalue weighted by molar-refractivity contribution is 7.91. The number of aromatic nitrogens is 1. The van der Waals surface area contributed by atoms with Gasteiger partial charge in [-0.05, 0) is 31.5 Å². The Bertz CT molecular complexity index is 938. The Hall–Kier alpha value is -2.13. The predicted octanol–water partition coefficient (Wildman–Crippen LogP) is 2.13. The van der Waals surface area contributed by atoms with Crippen LogP contribution in [-0.2, 0) is 9.84 Å². The van der Waals surface area contributed by atoms with E-state index in [1.165, 1.54) is 11.3 Å². The zero-order valence-corrected chi connectivity index (χ0v) is 16.4. The average Bonchev–Trinajstić information content (AvgIpc) is 3.19. The molecule has 0 unspecified atom stereocenters. The van der Waals surface area contributed by atoms with Crippen molar-refractivity contribution in [3.05, 3.63) is 29.3 Å². The van der Waals surface area contributed by atoms with E-state index >= 15 is 0 Å². The summed E-state index contributed by atoms with van der Waals surface area (Å²) in [7, 11) is 0.0248. The van der Waals surface area contributed by atoms with E-state index in [0.717, 1.165) is 5.56 Å². The van der Waals surface area contributed by atoms with Crippen molar-refractivity contribution in [2.24, 2.45) is 0 Å². The van der Waals surface area contributed by atoms with Gasteiger partial charge >= 0.3 is 0 Å². The molecule has 140 valence electrons. The number of sulfone groups is 1. The third-order valence-corrected chi connectivity index (χ3v) is 7.08. The molecule has 1 aliphatic rings. The number of rotatable bonds is 5. The fraction of sp³-hybridized carbons (Fsp3) is 0.412. The van der Waals surface area contributed by atoms with Crippen molar-refractivity contribution in [3.63, 3.8) is 0 Å². The minimum Gasteiger partial charge on any atom is -0.493 e. The number of ether oxygens (including phenoxy) is 2. The summed E-state index contributed by atoms with van der Waals surface area (Å²) in [5.41, 5.74) is 0.329. The predicted molar refractivity (Wildman–Crippen MR) is 99.8 cm³/mol. The molecule has 0 aliphatic carbocycles. The maximum atomic E-state index is 12.5. The van der Waals surface area contributed by atoms with Crippen LogP contribution in [0.1, 0.15) is 23.8 Å². The smallest absolute Gasteiger partial charge is 0.271 e. The third-order valence-electron chi connectivity index (χ3n) is 4.29. The fourth-order valence-electron chi connectivity index (χ4n) is 2.93. The minimum absolute atomic E-state index is 0.0432. The van der Waals surface area contributed by atoms with Crippen LogP contribution in [-0.4, -0.2) is 50.6 Å². The molecule has 0 spiro atoms. The molecule has 3 rings (SSSR count). The molecule has 0 saturated carbocycles. The van der Waals surface area contributed by atoms with Crippen molar-refractivity contribution < 1.29 is 22.7 Å². The summed E-state index contributed by atoms with van der Waals surface area (Å²) in [6.07, 6.45) is 0.410. The summed E-state index contributed by atoms with van der Waals surface area (Å²) in [5.74, 6) is 0.875. The van der Waals surface area contributed by atoms with Gasteiger partial charge < -0.3 is 14.8 Å². The summed E-state index contributed by atoms with van der Waals surface area (Å²) in [4.78, 5) is 16.9. The van der Waals surface area contributed by atoms with Crippen LogP contribution in [0.25, 0.3) is 10.6 Å². The molecular formula is C17H20N2O5S2. The Labute approximate surface area is 156 Å². The molecule has 0 bridgehead atoms. The maximum absolute atomic E-state index is 12.5. The summed E-state index contributed by atoms with van der Waals surface area (Å²) >= 11 is 1.33. The van der Waals surface area contributed by atoms with Gasteiger partial charge in [-0.25, -0.2) is 13.4 Å². The lowest BCUT2D eigenvalue weighted by Crippen LogP contribution is -2.47. The van der Waals surface area contributed by atoms with Crippen LogP contribution in [0.4, 0.5) is 0 Å². The zero-order chi connectivity index (χ0) is 18.9. The van der Waals surface area contributed by atoms with Crippen molar-refractivity contribution in [2.75, 3.05) is 25.7 Å². The standard InChI is InChI=1S/C17H20N2O5S2/c1-17(6-7-26(21,22)10-17)19-15(20)12-9-25-16(18-12)11-4-5-13(23-2)14(8-11)24-3/h4-5,8-9H,6-7,10H2,1-3H3,(H,19,20)/t17-/m1/s1. The van der Waals surface area contributed by atoms with Gasteiger partial charge in [-0.2, -0.15) is 0 Å². The number of amides is 1. The highest BCUT2D eigenvalue weighted by Crippen LogP contribution is 2.33. The number of nitrogens with one attached hydrogen (secondary N) is 1. The van der Waals surface area contributed by atoms with Gasteiger partial charge in [-0.1, -0.05) is 0 Å². The second-order valence-corrected chi connectivity index (χ2v) is 9.51. The topological polar surface area (TPSA) is 94.6 Å². The quantitative estimate of drug-likeness (QED) is 0.832. The van der Waals surface area contributed by atoms with E-state index in [1.807, 2.05) is 6.07 Å². The number of hydrogen-bond acceptors (Lipinski definition) is 7. The van der Waals surface area contributed by atoms with Crippen LogP contribution >= 0.6 is 11.3 Å². The number of nitrogens with zero attached hydrogens (tertiary/aromatic N) is 1. The molecule has 1 saturated heterocycles. The summed E-state index contributed by atoms with van der Waals surface area (Å²) < 4.78 is 33.9. The van der Waals surface area contributed by atoms with Crippen molar-refractivity contribution >= 4 is 27.1 Å². The monoisotopic (exact) mass is 396 g/mol. The lowest BCUT2D eigenvalue weighted by atomic mass is 10.0. The second-order valence-electron chi connectivity index (χ2n) is 6.46. The van der Waals surface area contributed by atoms with E-state index in [-0.39, 0.29) is 23.1 Å². The lowest BCUT2D eigenvalue weighted by Gasteiger charge is -2.23. The van der Waals surface area contributed by atoms with Crippen LogP contribution in [0.15, 0.2) is 23.6 Å². The van der Waals surface area contributed by atoms with Gasteiger partial charge in [0, 0.05) is 10.9 Å². The number of carbonyl (C=O) groups excluding carboxylic acids is 1. The minimum atomic E-state index is -3.09. The number of carbonyl (C=O) groups is 1. The van der Waals surface area contributed by atoms with Gasteiger partial charge in [0.15, 0.2) is 21.3 Å². The number of thiazole rings is 1. The summed E-state index contributed by atoms with van der Waals surface area (Å²) in [6, 6.07) is 5.41. The van der Waals surface area contributed by atoms with E-state index in [1.54, 1.807) is 38.7 Å². The van der Waals surface area contributed by atoms with Crippen LogP contribution < -0.4 is 14.8 Å². The summed E-state index contributed by atoms with van der Waals surface area (Å²) in [5, 5.41) is 5.14. The first-order chi connectivity index (χ1) is 12.3. The Balaban J connectivity index is 1.79. The van der Waals surface area contributed by atoms with E-state index in [2.05, 4.69) is 10.3 Å². The molecule has 1 aromatic carbocycles. The number of hydrogen-bond donors (Lipinski definition) is 1. The van der Waals surface area contributed by atoms with Crippen molar-refractivity contribution in [1.82, 2.24) is 10.3 Å². The Kier molecular flexibility index (Phi) is 4.94. The van der Waals surface area contributed by atoms with E-state index in [4.69, 9.17) is 9.47 Å². The van der Waals surface area contributed by atoms with Crippen molar-refractivity contribution in [2.45, 2.75) is 18.9 Å². The Morgan fingerprint density at radius 1 is 1.27 bits per heavy atom. The molecule has 1 amide bonds. The molecule has 1 atom stereocenters. The highest BCUT2D eigenvalue weighted by atomic mass is 32.2. The molecule has 0 radical (unpaired) electrons. The van der Waals surface area contributed by atoms with Gasteiger partial charge in [0.05, 0.1) is 31.3 Å². The molecule has 1 fully saturated rings. The second kappa shape index (κ2) is 6.88. The van der Waals surface area contributed by atoms with Crippen LogP contribution in [0.3, 0.4) is 0 Å². The first-order valence-electron chi connectivity index (χ1n) is 7.96. The van der Waals surface area contributed by atoms with E-state index < -0.39 is 15.4 Å². The van der Waals surface area contributed by atoms with Crippen LogP contribution in [0.5, 0.6) is 11.5 Å². The van der Waals surface area contributed by atoms with Crippen molar-refractivity contribution in [1.29, 1.82) is 0 Å². The lowest BCUT2D eigenvalue weighted by molar-refractivity contribution is 0.0911. The first kappa shape index (κ1) is 18.7. The SMILES string of the molecule is COc1ccc(-c2nc(C(=O)N[C@]3(C)CCS(=O)(=O)C3)cs2)cc1OC. The molecular weight excluding hydrogens is 376 g/mol. The Morgan fingerprint density at radius 3 is 2.62 bits per heavy atom. The van der Waals surface area contributed by atoms with Gasteiger partial charge in [-0.15, -0.1) is 11.3 Å². The van der Waals surface area contributed by atoms with Gasteiger partial charge in [0.25, 0.3) is 5.91 Å². The molecule has 1 aliphatic heterocycles. The number of methoxy groups -OCH3 is 2. The van der Waals surface area contributed by atoms with Gasteiger partial charge in [0.2, 0.25) is 0 Å². The van der Waals surface area contributed by atoms with E-state index in [0.29, 0.717) is 22.9 Å². The fourth-order valence-corrected chi connectivity index (χ4v) is 5.82. The molecule has 9 heteroatoms. The average molecular weight is 396 g/mol. The normalized spacial score (nSPS) is 21.3. The highest BCUT2D eigenvalue weighted by Gasteiger charge is 2.39. The third kappa shape index (κ3) is 3.83. The first-order valence-corrected chi connectivity index (χ1v) is 10.7. The maximum Gasteiger partial charge on any atom is 0.271 e. The largest absolute Gasteiger partial charge is 0.493 e. The summed E-state index contributed by atoms with van der Waals surface area (Å²) in [6.45, 7) is 1.75. The number of benzene rings is 1. The van der Waals surface area contributed by atoms with Gasteiger partial charge in [0.1, 0.15) is 10.7 Å². The zero-order valence-electron chi connectivity index (χ0n) is 14.7. The van der Waals surface area contributed by atoms with E-state index in [9.17, 15) is 13.2 Å². The molecule has 1 aromatic heterocycles. The molecule has 7 nitrogen and oxygen atoms in total. The molecule has 1 N–H and O–H groups in total.